The molecule has 1 aromatic carbocycles. The van der Waals surface area contributed by atoms with Gasteiger partial charge >= 0.3 is 0 Å². The average Bonchev–Trinajstić information content (AvgIpc) is 3.07. The van der Waals surface area contributed by atoms with Gasteiger partial charge in [0.1, 0.15) is 5.84 Å². The van der Waals surface area contributed by atoms with Crippen molar-refractivity contribution < 1.29 is 4.92 Å². The number of hydrogen-bond acceptors (Lipinski definition) is 5. The molecular formula is C15H16N4O2S. The summed E-state index contributed by atoms with van der Waals surface area (Å²) in [5.41, 5.74) is 0.854. The number of nitrogens with zero attached hydrogens (tertiary/aromatic N) is 4. The Labute approximate surface area is 132 Å². The number of rotatable bonds is 3. The van der Waals surface area contributed by atoms with Crippen LogP contribution in [0.3, 0.4) is 0 Å². The zero-order valence-electron chi connectivity index (χ0n) is 12.0. The van der Waals surface area contributed by atoms with Crippen LogP contribution in [-0.2, 0) is 0 Å². The van der Waals surface area contributed by atoms with E-state index in [0.29, 0.717) is 5.13 Å². The van der Waals surface area contributed by atoms with E-state index in [1.807, 2.05) is 11.4 Å². The Bertz CT molecular complexity index is 679. The van der Waals surface area contributed by atoms with E-state index in [-0.39, 0.29) is 10.6 Å². The normalized spacial score (nSPS) is 15.8. The van der Waals surface area contributed by atoms with Crippen LogP contribution in [-0.4, -0.2) is 33.7 Å². The highest BCUT2D eigenvalue weighted by Gasteiger charge is 2.19. The molecule has 1 saturated heterocycles. The van der Waals surface area contributed by atoms with Crippen LogP contribution < -0.4 is 0 Å². The third kappa shape index (κ3) is 3.30. The smallest absolute Gasteiger partial charge is 0.270 e. The number of benzene rings is 1. The first-order valence-corrected chi connectivity index (χ1v) is 8.10. The van der Waals surface area contributed by atoms with Gasteiger partial charge in [0, 0.05) is 42.4 Å². The third-order valence-electron chi connectivity index (χ3n) is 3.59. The molecule has 7 heteroatoms. The molecular weight excluding hydrogens is 300 g/mol. The van der Waals surface area contributed by atoms with Gasteiger partial charge in [0.15, 0.2) is 0 Å². The molecule has 0 unspecified atom stereocenters. The molecule has 22 heavy (non-hydrogen) atoms. The van der Waals surface area contributed by atoms with E-state index < -0.39 is 0 Å². The molecule has 0 bridgehead atoms. The quantitative estimate of drug-likeness (QED) is 0.375. The van der Waals surface area contributed by atoms with Crippen molar-refractivity contribution in [3.8, 4) is 0 Å². The fourth-order valence-electron chi connectivity index (χ4n) is 2.54. The monoisotopic (exact) mass is 316 g/mol. The van der Waals surface area contributed by atoms with Crippen LogP contribution >= 0.6 is 11.3 Å². The molecule has 0 radical (unpaired) electrons. The summed E-state index contributed by atoms with van der Waals surface area (Å²) in [6.07, 6.45) is 5.17. The van der Waals surface area contributed by atoms with Gasteiger partial charge in [0.2, 0.25) is 5.13 Å². The van der Waals surface area contributed by atoms with Gasteiger partial charge < -0.3 is 4.90 Å². The van der Waals surface area contributed by atoms with Crippen LogP contribution in [0.1, 0.15) is 24.8 Å². The van der Waals surface area contributed by atoms with Crippen molar-refractivity contribution in [2.24, 2.45) is 4.99 Å². The standard InChI is InChI=1S/C15H16N4O2S/c20-19(21)13-6-4-5-12(11-13)14(17-15-16-7-10-22-15)18-8-2-1-3-9-18/h4-7,10-11H,1-3,8-9H2. The maximum absolute atomic E-state index is 11.0. The second kappa shape index (κ2) is 6.65. The zero-order chi connectivity index (χ0) is 15.4. The van der Waals surface area contributed by atoms with Crippen molar-refractivity contribution in [1.29, 1.82) is 0 Å². The second-order valence-electron chi connectivity index (χ2n) is 5.11. The largest absolute Gasteiger partial charge is 0.356 e. The number of thiazole rings is 1. The highest BCUT2D eigenvalue weighted by atomic mass is 32.1. The predicted molar refractivity (Wildman–Crippen MR) is 86.8 cm³/mol. The fourth-order valence-corrected chi connectivity index (χ4v) is 3.05. The molecule has 0 saturated carbocycles. The summed E-state index contributed by atoms with van der Waals surface area (Å²) >= 11 is 1.46. The minimum Gasteiger partial charge on any atom is -0.356 e. The van der Waals surface area contributed by atoms with Crippen molar-refractivity contribution >= 4 is 28.0 Å². The summed E-state index contributed by atoms with van der Waals surface area (Å²) in [5, 5.41) is 13.6. The second-order valence-corrected chi connectivity index (χ2v) is 5.98. The van der Waals surface area contributed by atoms with Crippen LogP contribution in [0.4, 0.5) is 10.8 Å². The summed E-state index contributed by atoms with van der Waals surface area (Å²) in [7, 11) is 0. The van der Waals surface area contributed by atoms with E-state index in [1.54, 1.807) is 18.3 Å². The number of nitro groups is 1. The van der Waals surface area contributed by atoms with Crippen molar-refractivity contribution in [2.75, 3.05) is 13.1 Å². The summed E-state index contributed by atoms with van der Waals surface area (Å²) in [6, 6.07) is 6.66. The van der Waals surface area contributed by atoms with Crippen LogP contribution in [0.5, 0.6) is 0 Å². The maximum atomic E-state index is 11.0. The molecule has 2 heterocycles. The van der Waals surface area contributed by atoms with Crippen LogP contribution in [0.15, 0.2) is 40.8 Å². The van der Waals surface area contributed by atoms with Crippen LogP contribution in [0.2, 0.25) is 0 Å². The van der Waals surface area contributed by atoms with Gasteiger partial charge in [-0.25, -0.2) is 9.98 Å². The predicted octanol–water partition coefficient (Wildman–Crippen LogP) is 3.62. The average molecular weight is 316 g/mol. The molecule has 6 nitrogen and oxygen atoms in total. The van der Waals surface area contributed by atoms with Crippen LogP contribution in [0, 0.1) is 10.1 Å². The lowest BCUT2D eigenvalue weighted by atomic mass is 10.1. The first-order chi connectivity index (χ1) is 10.7. The molecule has 0 atom stereocenters. The molecule has 0 amide bonds. The first kappa shape index (κ1) is 14.6. The van der Waals surface area contributed by atoms with E-state index >= 15 is 0 Å². The number of amidine groups is 1. The molecule has 1 aliphatic heterocycles. The van der Waals surface area contributed by atoms with Gasteiger partial charge in [0.25, 0.3) is 5.69 Å². The highest BCUT2D eigenvalue weighted by Crippen LogP contribution is 2.22. The van der Waals surface area contributed by atoms with Crippen molar-refractivity contribution in [2.45, 2.75) is 19.3 Å². The Balaban J connectivity index is 2.01. The lowest BCUT2D eigenvalue weighted by Gasteiger charge is -2.29. The van der Waals surface area contributed by atoms with Gasteiger partial charge in [-0.1, -0.05) is 12.1 Å². The van der Waals surface area contributed by atoms with Crippen molar-refractivity contribution in [3.63, 3.8) is 0 Å². The molecule has 0 N–H and O–H groups in total. The number of piperidine rings is 1. The van der Waals surface area contributed by atoms with Gasteiger partial charge in [0.05, 0.1) is 4.92 Å². The Kier molecular flexibility index (Phi) is 4.43. The highest BCUT2D eigenvalue weighted by molar-refractivity contribution is 7.13. The summed E-state index contributed by atoms with van der Waals surface area (Å²) in [6.45, 7) is 1.85. The first-order valence-electron chi connectivity index (χ1n) is 7.22. The van der Waals surface area contributed by atoms with E-state index in [1.165, 1.54) is 23.8 Å². The number of hydrogen-bond donors (Lipinski definition) is 0. The maximum Gasteiger partial charge on any atom is 0.270 e. The molecule has 0 spiro atoms. The number of non-ortho nitro benzene ring substituents is 1. The molecule has 3 rings (SSSR count). The molecule has 114 valence electrons. The van der Waals surface area contributed by atoms with E-state index in [4.69, 9.17) is 0 Å². The minimum atomic E-state index is -0.374. The Hall–Kier alpha value is -2.28. The van der Waals surface area contributed by atoms with Crippen LogP contribution in [0.25, 0.3) is 0 Å². The summed E-state index contributed by atoms with van der Waals surface area (Å²) < 4.78 is 0. The lowest BCUT2D eigenvalue weighted by Crippen LogP contribution is -2.36. The van der Waals surface area contributed by atoms with Gasteiger partial charge in [-0.2, -0.15) is 0 Å². The van der Waals surface area contributed by atoms with Gasteiger partial charge in [-0.3, -0.25) is 10.1 Å². The van der Waals surface area contributed by atoms with Gasteiger partial charge in [-0.05, 0) is 19.3 Å². The summed E-state index contributed by atoms with van der Waals surface area (Å²) in [4.78, 5) is 21.7. The molecule has 1 aliphatic rings. The SMILES string of the molecule is O=[N+]([O-])c1cccc(C(=Nc2nccs2)N2CCCCC2)c1. The van der Waals surface area contributed by atoms with E-state index in [0.717, 1.165) is 37.3 Å². The third-order valence-corrected chi connectivity index (χ3v) is 4.26. The molecule has 0 aliphatic carbocycles. The number of nitro benzene ring substituents is 1. The Morgan fingerprint density at radius 3 is 2.82 bits per heavy atom. The summed E-state index contributed by atoms with van der Waals surface area (Å²) in [5.74, 6) is 0.776. The van der Waals surface area contributed by atoms with E-state index in [9.17, 15) is 10.1 Å². The topological polar surface area (TPSA) is 71.6 Å². The molecule has 1 aromatic heterocycles. The fraction of sp³-hybridized carbons (Fsp3) is 0.333. The van der Waals surface area contributed by atoms with Crippen molar-refractivity contribution in [1.82, 2.24) is 9.88 Å². The Morgan fingerprint density at radius 1 is 1.32 bits per heavy atom. The number of likely N-dealkylation sites (tertiary alicyclic amines) is 1. The van der Waals surface area contributed by atoms with E-state index in [2.05, 4.69) is 14.9 Å². The molecule has 2 aromatic rings. The minimum absolute atomic E-state index is 0.0846. The van der Waals surface area contributed by atoms with Crippen molar-refractivity contribution in [3.05, 3.63) is 51.5 Å². The molecule has 1 fully saturated rings. The number of aromatic nitrogens is 1. The lowest BCUT2D eigenvalue weighted by molar-refractivity contribution is -0.384. The zero-order valence-corrected chi connectivity index (χ0v) is 12.8. The van der Waals surface area contributed by atoms with Gasteiger partial charge in [-0.15, -0.1) is 11.3 Å². The number of aliphatic imine (C=N–C) groups is 1. The Morgan fingerprint density at radius 2 is 2.14 bits per heavy atom.